The number of hydrogen-bond donors (Lipinski definition) is 2. The number of aliphatic hydroxyl groups is 1. The van der Waals surface area contributed by atoms with Crippen molar-refractivity contribution in [3.05, 3.63) is 90.1 Å². The zero-order chi connectivity index (χ0) is 29.9. The average Bonchev–Trinajstić information content (AvgIpc) is 3.49. The van der Waals surface area contributed by atoms with Crippen molar-refractivity contribution in [2.45, 2.75) is 58.0 Å². The summed E-state index contributed by atoms with van der Waals surface area (Å²) in [6.45, 7) is 3.80. The lowest BCUT2D eigenvalue weighted by Gasteiger charge is -2.37. The minimum atomic E-state index is -4.48. The van der Waals surface area contributed by atoms with Crippen LogP contribution in [0.4, 0.5) is 24.8 Å². The third-order valence-corrected chi connectivity index (χ3v) is 7.77. The van der Waals surface area contributed by atoms with Gasteiger partial charge in [-0.05, 0) is 99.5 Å². The molecule has 11 heteroatoms. The third kappa shape index (κ3) is 6.79. The predicted molar refractivity (Wildman–Crippen MR) is 150 cm³/mol. The Labute approximate surface area is 241 Å². The van der Waals surface area contributed by atoms with Gasteiger partial charge < -0.3 is 19.7 Å². The summed E-state index contributed by atoms with van der Waals surface area (Å²) in [5.74, 6) is -0.104. The van der Waals surface area contributed by atoms with Crippen LogP contribution >= 0.6 is 0 Å². The largest absolute Gasteiger partial charge is 0.444 e. The van der Waals surface area contributed by atoms with E-state index >= 15 is 0 Å². The van der Waals surface area contributed by atoms with Crippen LogP contribution in [0.25, 0.3) is 11.3 Å². The van der Waals surface area contributed by atoms with Crippen molar-refractivity contribution in [3.63, 3.8) is 0 Å². The molecule has 0 bridgehead atoms. The molecule has 4 heterocycles. The number of aromatic nitrogens is 4. The van der Waals surface area contributed by atoms with Crippen LogP contribution in [0, 0.1) is 18.8 Å². The van der Waals surface area contributed by atoms with E-state index in [2.05, 4.69) is 20.3 Å². The van der Waals surface area contributed by atoms with E-state index in [0.717, 1.165) is 23.9 Å². The fraction of sp³-hybridized carbons (Fsp3) is 0.355. The molecule has 4 aromatic heterocycles. The lowest BCUT2D eigenvalue weighted by atomic mass is 9.73. The Morgan fingerprint density at radius 1 is 1.05 bits per heavy atom. The number of pyridine rings is 3. The molecular weight excluding hydrogens is 547 g/mol. The van der Waals surface area contributed by atoms with Gasteiger partial charge in [0.05, 0.1) is 22.9 Å². The highest BCUT2D eigenvalue weighted by Gasteiger charge is 2.39. The Kier molecular flexibility index (Phi) is 8.31. The highest BCUT2D eigenvalue weighted by Crippen LogP contribution is 2.41. The molecule has 220 valence electrons. The molecule has 0 amide bonds. The van der Waals surface area contributed by atoms with Crippen LogP contribution in [0.15, 0.2) is 73.3 Å². The summed E-state index contributed by atoms with van der Waals surface area (Å²) in [4.78, 5) is 25.6. The van der Waals surface area contributed by atoms with Crippen molar-refractivity contribution >= 4 is 17.6 Å². The van der Waals surface area contributed by atoms with Crippen molar-refractivity contribution < 1.29 is 27.8 Å². The highest BCUT2D eigenvalue weighted by atomic mass is 19.4. The molecule has 42 heavy (non-hydrogen) atoms. The van der Waals surface area contributed by atoms with Gasteiger partial charge in [-0.3, -0.25) is 9.78 Å². The molecule has 0 aliphatic heterocycles. The summed E-state index contributed by atoms with van der Waals surface area (Å²) < 4.78 is 46.5. The number of aryl methyl sites for hydroxylation is 1. The number of nitrogens with one attached hydrogen (secondary N) is 1. The number of carbonyl (C=O) groups is 1. The van der Waals surface area contributed by atoms with Crippen LogP contribution < -0.4 is 5.32 Å². The topological polar surface area (TPSA) is 102 Å². The number of anilines is 2. The van der Waals surface area contributed by atoms with E-state index in [1.807, 2.05) is 43.6 Å². The van der Waals surface area contributed by atoms with E-state index in [1.54, 1.807) is 29.8 Å². The van der Waals surface area contributed by atoms with Crippen LogP contribution in [0.2, 0.25) is 0 Å². The minimum Gasteiger partial charge on any atom is -0.444 e. The van der Waals surface area contributed by atoms with Crippen LogP contribution in [-0.2, 0) is 28.0 Å². The second-order valence-electron chi connectivity index (χ2n) is 10.9. The first-order valence-electron chi connectivity index (χ1n) is 13.7. The van der Waals surface area contributed by atoms with Gasteiger partial charge in [0.15, 0.2) is 6.73 Å². The fourth-order valence-corrected chi connectivity index (χ4v) is 5.34. The van der Waals surface area contributed by atoms with Crippen molar-refractivity contribution in [2.24, 2.45) is 11.8 Å². The van der Waals surface area contributed by atoms with E-state index < -0.39 is 17.3 Å². The number of carbonyl (C=O) groups excluding carboxylic acids is 1. The third-order valence-electron chi connectivity index (χ3n) is 7.77. The van der Waals surface area contributed by atoms with Crippen LogP contribution in [0.1, 0.15) is 49.4 Å². The van der Waals surface area contributed by atoms with E-state index in [4.69, 9.17) is 4.74 Å². The molecule has 0 saturated heterocycles. The number of ether oxygens (including phenoxy) is 1. The maximum absolute atomic E-state index is 13.1. The molecule has 0 unspecified atom stereocenters. The summed E-state index contributed by atoms with van der Waals surface area (Å²) in [6.07, 6.45) is 4.51. The van der Waals surface area contributed by atoms with Gasteiger partial charge in [-0.15, -0.1) is 0 Å². The minimum absolute atomic E-state index is 0.0299. The van der Waals surface area contributed by atoms with Crippen LogP contribution in [0.3, 0.4) is 0 Å². The summed E-state index contributed by atoms with van der Waals surface area (Å²) >= 11 is 0. The second kappa shape index (κ2) is 11.9. The predicted octanol–water partition coefficient (Wildman–Crippen LogP) is 6.63. The van der Waals surface area contributed by atoms with Crippen molar-refractivity contribution in [3.8, 4) is 11.3 Å². The van der Waals surface area contributed by atoms with Gasteiger partial charge in [-0.25, -0.2) is 9.97 Å². The van der Waals surface area contributed by atoms with E-state index in [1.165, 1.54) is 0 Å². The van der Waals surface area contributed by atoms with Crippen LogP contribution in [0.5, 0.6) is 0 Å². The van der Waals surface area contributed by atoms with Crippen LogP contribution in [-0.4, -0.2) is 30.6 Å². The molecule has 0 radical (unpaired) electrons. The van der Waals surface area contributed by atoms with E-state index in [-0.39, 0.29) is 30.4 Å². The fourth-order valence-electron chi connectivity index (χ4n) is 5.34. The molecule has 1 aliphatic rings. The first-order valence-corrected chi connectivity index (χ1v) is 13.7. The maximum atomic E-state index is 13.1. The lowest BCUT2D eigenvalue weighted by molar-refractivity contribution is -0.155. The molecule has 1 saturated carbocycles. The van der Waals surface area contributed by atoms with E-state index in [0.29, 0.717) is 48.5 Å². The smallest absolute Gasteiger partial charge is 0.416 e. The number of nitrogens with zero attached hydrogens (tertiary/aromatic N) is 4. The van der Waals surface area contributed by atoms with Gasteiger partial charge >= 0.3 is 12.1 Å². The summed E-state index contributed by atoms with van der Waals surface area (Å²) in [6, 6.07) is 12.7. The van der Waals surface area contributed by atoms with Gasteiger partial charge in [0.1, 0.15) is 17.2 Å². The normalized spacial score (nSPS) is 18.7. The Bertz CT molecular complexity index is 1510. The molecule has 1 aliphatic carbocycles. The molecule has 2 N–H and O–H groups in total. The second-order valence-corrected chi connectivity index (χ2v) is 10.9. The first kappa shape index (κ1) is 29.2. The number of halogens is 3. The number of rotatable bonds is 8. The summed E-state index contributed by atoms with van der Waals surface area (Å²) in [7, 11) is 0. The number of esters is 1. The lowest BCUT2D eigenvalue weighted by Crippen LogP contribution is -2.37. The Hall–Kier alpha value is -4.25. The quantitative estimate of drug-likeness (QED) is 0.226. The number of hydrogen-bond acceptors (Lipinski definition) is 7. The zero-order valence-electron chi connectivity index (χ0n) is 23.3. The summed E-state index contributed by atoms with van der Waals surface area (Å²) in [5.41, 5.74) is 0.620. The molecule has 8 nitrogen and oxygen atoms in total. The first-order chi connectivity index (χ1) is 20.0. The molecular formula is C31H32F3N5O3. The maximum Gasteiger partial charge on any atom is 0.416 e. The molecule has 1 atom stereocenters. The van der Waals surface area contributed by atoms with Crippen molar-refractivity contribution in [2.75, 3.05) is 5.32 Å². The SMILES string of the molecule is Cc1cc(Nc2cc(C(F)(F)F)ccn2)nc(-c2ccc([C@](C)(O)C3CCC(C(=O)OCn4cccc4)CC3)nc2)c1. The Morgan fingerprint density at radius 2 is 1.79 bits per heavy atom. The van der Waals surface area contributed by atoms with Gasteiger partial charge in [-0.1, -0.05) is 0 Å². The molecule has 4 aromatic rings. The molecule has 5 rings (SSSR count). The van der Waals surface area contributed by atoms with Gasteiger partial charge in [0.2, 0.25) is 0 Å². The highest BCUT2D eigenvalue weighted by molar-refractivity contribution is 5.72. The van der Waals surface area contributed by atoms with Gasteiger partial charge in [0.25, 0.3) is 0 Å². The Balaban J connectivity index is 1.23. The van der Waals surface area contributed by atoms with Crippen molar-refractivity contribution in [1.29, 1.82) is 0 Å². The molecule has 1 fully saturated rings. The van der Waals surface area contributed by atoms with Gasteiger partial charge in [-0.2, -0.15) is 13.2 Å². The average molecular weight is 580 g/mol. The molecule has 0 spiro atoms. The number of alkyl halides is 3. The molecule has 0 aromatic carbocycles. The zero-order valence-corrected chi connectivity index (χ0v) is 23.3. The standard InChI is InChI=1S/C31H32F3N5O3/c1-20-15-25(37-28(16-20)38-27-17-24(11-12-35-27)31(32,33)34)22-7-10-26(36-18-22)30(2,41)23-8-5-21(6-9-23)29(40)42-19-39-13-3-4-14-39/h3-4,7,10-18,21,23,41H,5-6,8-9,19H2,1-2H3,(H,35,37,38)/t21?,23?,30-/m1/s1. The monoisotopic (exact) mass is 579 g/mol. The van der Waals surface area contributed by atoms with Crippen molar-refractivity contribution in [1.82, 2.24) is 19.5 Å². The van der Waals surface area contributed by atoms with Gasteiger partial charge in [0, 0.05) is 30.4 Å². The summed E-state index contributed by atoms with van der Waals surface area (Å²) in [5, 5.41) is 14.3. The Morgan fingerprint density at radius 3 is 2.45 bits per heavy atom. The van der Waals surface area contributed by atoms with E-state index in [9.17, 15) is 23.1 Å².